The summed E-state index contributed by atoms with van der Waals surface area (Å²) in [5, 5.41) is 22.2. The van der Waals surface area contributed by atoms with E-state index in [9.17, 15) is 19.8 Å². The molecule has 0 saturated carbocycles. The van der Waals surface area contributed by atoms with Crippen LogP contribution in [-0.2, 0) is 39.8 Å². The molecule has 34 heavy (non-hydrogen) atoms. The molecular formula is C23H35NO10. The maximum absolute atomic E-state index is 12.7. The average molecular weight is 486 g/mol. The Morgan fingerprint density at radius 3 is 2.47 bits per heavy atom. The van der Waals surface area contributed by atoms with E-state index in [2.05, 4.69) is 5.32 Å². The molecule has 11 nitrogen and oxygen atoms in total. The minimum atomic E-state index is -1.04. The van der Waals surface area contributed by atoms with E-state index in [0.717, 1.165) is 5.56 Å². The van der Waals surface area contributed by atoms with Crippen molar-refractivity contribution in [2.75, 3.05) is 27.1 Å². The summed E-state index contributed by atoms with van der Waals surface area (Å²) < 4.78 is 33.4. The van der Waals surface area contributed by atoms with Gasteiger partial charge in [-0.3, -0.25) is 4.79 Å². The third-order valence-corrected chi connectivity index (χ3v) is 5.09. The molecule has 1 aliphatic heterocycles. The fourth-order valence-electron chi connectivity index (χ4n) is 3.77. The lowest BCUT2D eigenvalue weighted by Gasteiger charge is -2.36. The SMILES string of the molecule is COCO[C@H]([C@H](NC(=O)OCc1ccccc1)[C@H](CCO)OC(C)=O)[C@@H]1OC(C)(C)O[C@H]1CO. The Morgan fingerprint density at radius 2 is 1.88 bits per heavy atom. The predicted molar refractivity (Wildman–Crippen MR) is 118 cm³/mol. The predicted octanol–water partition coefficient (Wildman–Crippen LogP) is 1.10. The van der Waals surface area contributed by atoms with Crippen LogP contribution in [0, 0.1) is 0 Å². The van der Waals surface area contributed by atoms with Crippen molar-refractivity contribution in [1.82, 2.24) is 5.32 Å². The van der Waals surface area contributed by atoms with E-state index < -0.39 is 48.3 Å². The topological polar surface area (TPSA) is 142 Å². The largest absolute Gasteiger partial charge is 0.460 e. The van der Waals surface area contributed by atoms with Crippen molar-refractivity contribution in [2.24, 2.45) is 0 Å². The molecule has 0 spiro atoms. The van der Waals surface area contributed by atoms with E-state index in [0.29, 0.717) is 0 Å². The lowest BCUT2D eigenvalue weighted by molar-refractivity contribution is -0.184. The van der Waals surface area contributed by atoms with Crippen LogP contribution in [0.2, 0.25) is 0 Å². The molecule has 0 unspecified atom stereocenters. The molecule has 1 aromatic rings. The van der Waals surface area contributed by atoms with Gasteiger partial charge < -0.3 is 44.0 Å². The molecule has 1 aromatic carbocycles. The van der Waals surface area contributed by atoms with E-state index in [1.807, 2.05) is 18.2 Å². The summed E-state index contributed by atoms with van der Waals surface area (Å²) in [5.41, 5.74) is 0.780. The molecule has 11 heteroatoms. The van der Waals surface area contributed by atoms with E-state index in [4.69, 9.17) is 28.4 Å². The van der Waals surface area contributed by atoms with Crippen LogP contribution in [0.4, 0.5) is 4.79 Å². The Labute approximate surface area is 199 Å². The highest BCUT2D eigenvalue weighted by molar-refractivity contribution is 5.68. The van der Waals surface area contributed by atoms with Gasteiger partial charge in [-0.2, -0.15) is 0 Å². The molecule has 1 heterocycles. The summed E-state index contributed by atoms with van der Waals surface area (Å²) >= 11 is 0. The molecule has 2 rings (SSSR count). The zero-order valence-electron chi connectivity index (χ0n) is 20.0. The lowest BCUT2D eigenvalue weighted by Crippen LogP contribution is -2.59. The van der Waals surface area contributed by atoms with Crippen molar-refractivity contribution in [1.29, 1.82) is 0 Å². The molecule has 1 amide bonds. The second-order valence-electron chi connectivity index (χ2n) is 8.25. The Hall–Kier alpha value is -2.28. The number of aliphatic hydroxyl groups is 2. The van der Waals surface area contributed by atoms with Gasteiger partial charge in [0.1, 0.15) is 37.8 Å². The van der Waals surface area contributed by atoms with Crippen molar-refractivity contribution in [3.8, 4) is 0 Å². The summed E-state index contributed by atoms with van der Waals surface area (Å²) in [7, 11) is 1.42. The van der Waals surface area contributed by atoms with Gasteiger partial charge in [0, 0.05) is 27.1 Å². The van der Waals surface area contributed by atoms with Crippen LogP contribution in [-0.4, -0.2) is 85.6 Å². The fraction of sp³-hybridized carbons (Fsp3) is 0.652. The standard InChI is InChI=1S/C23H35NO10/c1-15(27)32-17(10-11-25)19(24-22(28)30-13-16-8-6-5-7-9-16)21(31-14-29-4)20-18(12-26)33-23(2,3)34-20/h5-9,17-21,25-26H,10-14H2,1-4H3,(H,24,28)/t17-,18-,19+,20+,21+/m0/s1. The first-order valence-electron chi connectivity index (χ1n) is 11.0. The lowest BCUT2D eigenvalue weighted by atomic mass is 9.95. The number of aliphatic hydroxyl groups excluding tert-OH is 2. The van der Waals surface area contributed by atoms with Crippen molar-refractivity contribution < 1.29 is 48.2 Å². The van der Waals surface area contributed by atoms with Crippen molar-refractivity contribution in [2.45, 2.75) is 70.0 Å². The summed E-state index contributed by atoms with van der Waals surface area (Å²) in [6, 6.07) is 8.06. The highest BCUT2D eigenvalue weighted by Gasteiger charge is 2.50. The highest BCUT2D eigenvalue weighted by atomic mass is 16.8. The summed E-state index contributed by atoms with van der Waals surface area (Å²) in [5.74, 6) is -1.66. The van der Waals surface area contributed by atoms with Crippen molar-refractivity contribution >= 4 is 12.1 Å². The Kier molecular flexibility index (Phi) is 11.2. The van der Waals surface area contributed by atoms with Crippen LogP contribution in [0.1, 0.15) is 32.8 Å². The van der Waals surface area contributed by atoms with Gasteiger partial charge in [0.15, 0.2) is 5.79 Å². The van der Waals surface area contributed by atoms with E-state index in [1.54, 1.807) is 26.0 Å². The van der Waals surface area contributed by atoms with Crippen molar-refractivity contribution in [3.05, 3.63) is 35.9 Å². The Morgan fingerprint density at radius 1 is 1.18 bits per heavy atom. The normalized spacial score (nSPS) is 21.9. The summed E-state index contributed by atoms with van der Waals surface area (Å²) in [6.45, 7) is 3.68. The quantitative estimate of drug-likeness (QED) is 0.275. The maximum Gasteiger partial charge on any atom is 0.407 e. The third-order valence-electron chi connectivity index (χ3n) is 5.09. The van der Waals surface area contributed by atoms with Gasteiger partial charge in [-0.1, -0.05) is 30.3 Å². The zero-order chi connectivity index (χ0) is 25.1. The molecule has 3 N–H and O–H groups in total. The Bertz CT molecular complexity index is 759. The Balaban J connectivity index is 2.32. The van der Waals surface area contributed by atoms with Gasteiger partial charge >= 0.3 is 12.1 Å². The minimum Gasteiger partial charge on any atom is -0.460 e. The first kappa shape index (κ1) is 28.0. The number of carbonyl (C=O) groups is 2. The number of alkyl carbamates (subject to hydrolysis) is 1. The summed E-state index contributed by atoms with van der Waals surface area (Å²) in [6.07, 6.45) is -4.47. The molecule has 1 fully saturated rings. The number of ether oxygens (including phenoxy) is 6. The molecule has 1 aliphatic rings. The maximum atomic E-state index is 12.7. The molecule has 5 atom stereocenters. The van der Waals surface area contributed by atoms with Crippen LogP contribution in [0.3, 0.4) is 0 Å². The number of amides is 1. The number of carbonyl (C=O) groups excluding carboxylic acids is 2. The van der Waals surface area contributed by atoms with Gasteiger partial charge in [0.05, 0.1) is 12.6 Å². The second kappa shape index (κ2) is 13.6. The molecule has 192 valence electrons. The molecule has 0 aromatic heterocycles. The second-order valence-corrected chi connectivity index (χ2v) is 8.25. The number of hydrogen-bond acceptors (Lipinski definition) is 10. The number of nitrogens with one attached hydrogen (secondary N) is 1. The van der Waals surface area contributed by atoms with Crippen LogP contribution in [0.5, 0.6) is 0 Å². The average Bonchev–Trinajstić information content (AvgIpc) is 3.11. The van der Waals surface area contributed by atoms with Crippen LogP contribution in [0.25, 0.3) is 0 Å². The van der Waals surface area contributed by atoms with Crippen LogP contribution in [0.15, 0.2) is 30.3 Å². The number of esters is 1. The number of rotatable bonds is 13. The van der Waals surface area contributed by atoms with Crippen molar-refractivity contribution in [3.63, 3.8) is 0 Å². The number of benzene rings is 1. The smallest absolute Gasteiger partial charge is 0.407 e. The summed E-state index contributed by atoms with van der Waals surface area (Å²) in [4.78, 5) is 24.6. The van der Waals surface area contributed by atoms with Gasteiger partial charge in [0.2, 0.25) is 0 Å². The molecule has 0 aliphatic carbocycles. The highest BCUT2D eigenvalue weighted by Crippen LogP contribution is 2.33. The van der Waals surface area contributed by atoms with Crippen LogP contribution >= 0.6 is 0 Å². The molecular weight excluding hydrogens is 450 g/mol. The van der Waals surface area contributed by atoms with Gasteiger partial charge in [0.25, 0.3) is 0 Å². The van der Waals surface area contributed by atoms with Crippen LogP contribution < -0.4 is 5.32 Å². The van der Waals surface area contributed by atoms with Gasteiger partial charge in [-0.25, -0.2) is 4.79 Å². The fourth-order valence-corrected chi connectivity index (χ4v) is 3.77. The monoisotopic (exact) mass is 485 g/mol. The van der Waals surface area contributed by atoms with E-state index in [-0.39, 0.29) is 33.0 Å². The number of methoxy groups -OCH3 is 1. The van der Waals surface area contributed by atoms with Gasteiger partial charge in [-0.05, 0) is 19.4 Å². The third kappa shape index (κ3) is 8.49. The molecule has 0 radical (unpaired) electrons. The minimum absolute atomic E-state index is 0.00316. The first-order valence-corrected chi connectivity index (χ1v) is 11.0. The molecule has 1 saturated heterocycles. The molecule has 0 bridgehead atoms. The first-order chi connectivity index (χ1) is 16.2. The number of hydrogen-bond donors (Lipinski definition) is 3. The van der Waals surface area contributed by atoms with E-state index in [1.165, 1.54) is 14.0 Å². The van der Waals surface area contributed by atoms with Gasteiger partial charge in [-0.15, -0.1) is 0 Å². The zero-order valence-corrected chi connectivity index (χ0v) is 20.0. The van der Waals surface area contributed by atoms with E-state index >= 15 is 0 Å².